The van der Waals surface area contributed by atoms with Gasteiger partial charge in [0.15, 0.2) is 0 Å². The van der Waals surface area contributed by atoms with Crippen LogP contribution in [0.5, 0.6) is 0 Å². The van der Waals surface area contributed by atoms with Crippen LogP contribution in [0.2, 0.25) is 0 Å². The first-order valence-corrected chi connectivity index (χ1v) is 11.5. The fourth-order valence-electron chi connectivity index (χ4n) is 5.70. The second kappa shape index (κ2) is 9.11. The minimum Gasteiger partial charge on any atom is -0.316 e. The number of carbonyl (C=O) groups excluding carboxylic acids is 1. The predicted octanol–water partition coefficient (Wildman–Crippen LogP) is 2.70. The first-order valence-electron chi connectivity index (χ1n) is 11.5. The van der Waals surface area contributed by atoms with E-state index < -0.39 is 5.54 Å². The Morgan fingerprint density at radius 1 is 1.21 bits per heavy atom. The van der Waals surface area contributed by atoms with Gasteiger partial charge in [-0.1, -0.05) is 38.2 Å². The Morgan fingerprint density at radius 3 is 2.72 bits per heavy atom. The topological polar surface area (TPSA) is 74.5 Å². The van der Waals surface area contributed by atoms with Crippen LogP contribution < -0.4 is 11.1 Å². The molecule has 4 rings (SSSR count). The van der Waals surface area contributed by atoms with Crippen LogP contribution in [0, 0.1) is 11.8 Å². The van der Waals surface area contributed by atoms with E-state index >= 15 is 0 Å². The van der Waals surface area contributed by atoms with Crippen molar-refractivity contribution in [3.05, 3.63) is 30.1 Å². The second-order valence-electron chi connectivity index (χ2n) is 9.55. The van der Waals surface area contributed by atoms with Crippen LogP contribution in [0.4, 0.5) is 0 Å². The van der Waals surface area contributed by atoms with Gasteiger partial charge in [-0.2, -0.15) is 0 Å². The minimum atomic E-state index is -0.475. The quantitative estimate of drug-likeness (QED) is 0.737. The van der Waals surface area contributed by atoms with E-state index in [-0.39, 0.29) is 12.2 Å². The molecule has 2 aliphatic heterocycles. The maximum absolute atomic E-state index is 13.2. The molecule has 6 nitrogen and oxygen atoms in total. The van der Waals surface area contributed by atoms with E-state index in [0.29, 0.717) is 5.92 Å². The highest BCUT2D eigenvalue weighted by atomic mass is 16.2. The summed E-state index contributed by atoms with van der Waals surface area (Å²) < 4.78 is 0. The van der Waals surface area contributed by atoms with Gasteiger partial charge >= 0.3 is 0 Å². The summed E-state index contributed by atoms with van der Waals surface area (Å²) in [5.74, 6) is 1.51. The van der Waals surface area contributed by atoms with Gasteiger partial charge in [0.25, 0.3) is 0 Å². The summed E-state index contributed by atoms with van der Waals surface area (Å²) in [5.41, 5.74) is 6.88. The molecule has 3 aliphatic rings. The highest BCUT2D eigenvalue weighted by molar-refractivity contribution is 5.88. The zero-order valence-corrected chi connectivity index (χ0v) is 17.9. The van der Waals surface area contributed by atoms with Crippen LogP contribution >= 0.6 is 0 Å². The van der Waals surface area contributed by atoms with Crippen molar-refractivity contribution in [1.82, 2.24) is 20.1 Å². The molecule has 1 amide bonds. The monoisotopic (exact) mass is 399 g/mol. The zero-order valence-electron chi connectivity index (χ0n) is 17.9. The van der Waals surface area contributed by atoms with Crippen molar-refractivity contribution in [2.75, 3.05) is 20.1 Å². The number of nitrogens with two attached hydrogens (primary N) is 1. The summed E-state index contributed by atoms with van der Waals surface area (Å²) in [5, 5.41) is 3.52. The van der Waals surface area contributed by atoms with E-state index in [4.69, 9.17) is 5.73 Å². The van der Waals surface area contributed by atoms with E-state index in [1.807, 2.05) is 19.3 Å². The number of hydrogen-bond acceptors (Lipinski definition) is 5. The smallest absolute Gasteiger partial charge is 0.244 e. The second-order valence-corrected chi connectivity index (χ2v) is 9.55. The SMILES string of the molecule is CN1C(=O)[C@](CCC2CCCCC2)(C[C@H]2CCN(Cc3ccccn3)C2)NC1N. The van der Waals surface area contributed by atoms with Gasteiger partial charge in [0.2, 0.25) is 5.91 Å². The van der Waals surface area contributed by atoms with Crippen LogP contribution in [0.25, 0.3) is 0 Å². The number of aromatic nitrogens is 1. The Bertz CT molecular complexity index is 677. The number of likely N-dealkylation sites (N-methyl/N-ethyl adjacent to an activating group) is 1. The molecule has 1 aliphatic carbocycles. The maximum atomic E-state index is 13.2. The van der Waals surface area contributed by atoms with Crippen molar-refractivity contribution in [2.24, 2.45) is 17.6 Å². The molecule has 0 bridgehead atoms. The summed E-state index contributed by atoms with van der Waals surface area (Å²) in [7, 11) is 1.84. The lowest BCUT2D eigenvalue weighted by Crippen LogP contribution is -2.51. The fourth-order valence-corrected chi connectivity index (χ4v) is 5.70. The Balaban J connectivity index is 1.38. The first-order chi connectivity index (χ1) is 14.1. The molecule has 2 saturated heterocycles. The van der Waals surface area contributed by atoms with Gasteiger partial charge in [0.05, 0.1) is 5.69 Å². The molecule has 3 heterocycles. The van der Waals surface area contributed by atoms with Crippen molar-refractivity contribution in [3.8, 4) is 0 Å². The van der Waals surface area contributed by atoms with Gasteiger partial charge < -0.3 is 4.90 Å². The lowest BCUT2D eigenvalue weighted by molar-refractivity contribution is -0.133. The van der Waals surface area contributed by atoms with E-state index in [9.17, 15) is 4.79 Å². The molecule has 29 heavy (non-hydrogen) atoms. The molecule has 1 aromatic heterocycles. The van der Waals surface area contributed by atoms with Crippen LogP contribution in [0.1, 0.15) is 63.5 Å². The molecule has 0 spiro atoms. The molecule has 3 atom stereocenters. The molecular formula is C23H37N5O. The molecule has 0 radical (unpaired) electrons. The molecule has 6 heteroatoms. The van der Waals surface area contributed by atoms with E-state index in [1.165, 1.54) is 32.1 Å². The molecule has 1 saturated carbocycles. The number of pyridine rings is 1. The predicted molar refractivity (Wildman–Crippen MR) is 115 cm³/mol. The summed E-state index contributed by atoms with van der Waals surface area (Å²) >= 11 is 0. The molecule has 3 N–H and O–H groups in total. The number of nitrogens with zero attached hydrogens (tertiary/aromatic N) is 3. The van der Waals surface area contributed by atoms with Crippen molar-refractivity contribution in [2.45, 2.75) is 76.2 Å². The average molecular weight is 400 g/mol. The summed E-state index contributed by atoms with van der Waals surface area (Å²) in [6.07, 6.45) is 12.3. The Labute approximate surface area is 175 Å². The normalized spacial score (nSPS) is 31.7. The Hall–Kier alpha value is -1.50. The van der Waals surface area contributed by atoms with E-state index in [0.717, 1.165) is 56.9 Å². The summed E-state index contributed by atoms with van der Waals surface area (Å²) in [6.45, 7) is 3.01. The van der Waals surface area contributed by atoms with Crippen LogP contribution in [-0.2, 0) is 11.3 Å². The van der Waals surface area contributed by atoms with Crippen LogP contribution in [-0.4, -0.2) is 52.7 Å². The van der Waals surface area contributed by atoms with Crippen molar-refractivity contribution in [3.63, 3.8) is 0 Å². The lowest BCUT2D eigenvalue weighted by Gasteiger charge is -2.32. The van der Waals surface area contributed by atoms with Gasteiger partial charge in [-0.25, -0.2) is 0 Å². The van der Waals surface area contributed by atoms with Gasteiger partial charge in [0.1, 0.15) is 11.8 Å². The van der Waals surface area contributed by atoms with Crippen molar-refractivity contribution in [1.29, 1.82) is 0 Å². The van der Waals surface area contributed by atoms with Gasteiger partial charge in [-0.15, -0.1) is 0 Å². The van der Waals surface area contributed by atoms with Gasteiger partial charge in [0, 0.05) is 26.3 Å². The number of rotatable bonds is 7. The van der Waals surface area contributed by atoms with Crippen LogP contribution in [0.15, 0.2) is 24.4 Å². The van der Waals surface area contributed by atoms with Crippen molar-refractivity contribution < 1.29 is 4.79 Å². The first kappa shape index (κ1) is 20.8. The number of nitrogens with one attached hydrogen (secondary N) is 1. The van der Waals surface area contributed by atoms with Crippen LogP contribution in [0.3, 0.4) is 0 Å². The summed E-state index contributed by atoms with van der Waals surface area (Å²) in [6, 6.07) is 6.10. The average Bonchev–Trinajstić information content (AvgIpc) is 3.26. The van der Waals surface area contributed by atoms with E-state index in [1.54, 1.807) is 4.90 Å². The number of hydrogen-bond donors (Lipinski definition) is 2. The zero-order chi connectivity index (χ0) is 20.3. The van der Waals surface area contributed by atoms with Gasteiger partial charge in [-0.05, 0) is 56.2 Å². The molecule has 0 aromatic carbocycles. The lowest BCUT2D eigenvalue weighted by atomic mass is 9.78. The third-order valence-corrected chi connectivity index (χ3v) is 7.39. The number of likely N-dealkylation sites (tertiary alicyclic amines) is 1. The fraction of sp³-hybridized carbons (Fsp3) is 0.739. The highest BCUT2D eigenvalue weighted by Crippen LogP contribution is 2.37. The Morgan fingerprint density at radius 2 is 2.03 bits per heavy atom. The standard InChI is InChI=1S/C23H37N5O/c1-27-21(29)23(26-22(27)24,12-10-18-7-3-2-4-8-18)15-19-11-14-28(16-19)17-20-9-5-6-13-25-20/h5-6,9,13,18-19,22,26H,2-4,7-8,10-12,14-17,24H2,1H3/t19-,22?,23+/m1/s1. The molecule has 1 unspecified atom stereocenters. The molecule has 3 fully saturated rings. The largest absolute Gasteiger partial charge is 0.316 e. The maximum Gasteiger partial charge on any atom is 0.244 e. The molecule has 160 valence electrons. The third kappa shape index (κ3) is 4.81. The third-order valence-electron chi connectivity index (χ3n) is 7.39. The minimum absolute atomic E-state index is 0.198. The van der Waals surface area contributed by atoms with E-state index in [2.05, 4.69) is 27.3 Å². The van der Waals surface area contributed by atoms with Gasteiger partial charge in [-0.3, -0.25) is 25.7 Å². The molecular weight excluding hydrogens is 362 g/mol. The molecule has 1 aromatic rings. The number of carbonyl (C=O) groups is 1. The number of amides is 1. The highest BCUT2D eigenvalue weighted by Gasteiger charge is 2.50. The van der Waals surface area contributed by atoms with Crippen molar-refractivity contribution >= 4 is 5.91 Å². The Kier molecular flexibility index (Phi) is 6.52. The summed E-state index contributed by atoms with van der Waals surface area (Å²) in [4.78, 5) is 21.9.